The van der Waals surface area contributed by atoms with E-state index >= 15 is 0 Å². The van der Waals surface area contributed by atoms with Gasteiger partial charge in [-0.3, -0.25) is 0 Å². The second-order valence-corrected chi connectivity index (χ2v) is 3.16. The molecule has 12 heavy (non-hydrogen) atoms. The standard InChI is InChI=1S/C8H18N2O2/c9-3-1-8(2-4-10)7-11-5-6-12-8/h1-7,9-10H2. The number of hydrogen-bond donors (Lipinski definition) is 2. The van der Waals surface area contributed by atoms with Gasteiger partial charge in [-0.05, 0) is 25.9 Å². The van der Waals surface area contributed by atoms with Crippen LogP contribution in [0, 0.1) is 0 Å². The SMILES string of the molecule is NCCC1(CCN)COCCO1. The van der Waals surface area contributed by atoms with E-state index in [9.17, 15) is 0 Å². The van der Waals surface area contributed by atoms with Crippen LogP contribution >= 0.6 is 0 Å². The van der Waals surface area contributed by atoms with Crippen molar-refractivity contribution in [3.05, 3.63) is 0 Å². The van der Waals surface area contributed by atoms with Crippen LogP contribution in [0.2, 0.25) is 0 Å². The van der Waals surface area contributed by atoms with Crippen LogP contribution < -0.4 is 11.5 Å². The number of ether oxygens (including phenoxy) is 2. The zero-order chi connectivity index (χ0) is 8.86. The third kappa shape index (κ3) is 2.42. The van der Waals surface area contributed by atoms with Crippen molar-refractivity contribution in [2.75, 3.05) is 32.9 Å². The molecule has 1 saturated heterocycles. The summed E-state index contributed by atoms with van der Waals surface area (Å²) in [4.78, 5) is 0. The first kappa shape index (κ1) is 9.92. The van der Waals surface area contributed by atoms with Crippen molar-refractivity contribution in [2.24, 2.45) is 11.5 Å². The Balaban J connectivity index is 2.44. The Kier molecular flexibility index (Phi) is 3.94. The Morgan fingerprint density at radius 3 is 2.17 bits per heavy atom. The fourth-order valence-electron chi connectivity index (χ4n) is 1.56. The normalized spacial score (nSPS) is 22.5. The zero-order valence-electron chi connectivity index (χ0n) is 7.42. The highest BCUT2D eigenvalue weighted by Gasteiger charge is 2.32. The number of nitrogens with two attached hydrogens (primary N) is 2. The Morgan fingerprint density at radius 2 is 1.75 bits per heavy atom. The van der Waals surface area contributed by atoms with Gasteiger partial charge in [0.1, 0.15) is 0 Å². The van der Waals surface area contributed by atoms with E-state index in [1.165, 1.54) is 0 Å². The van der Waals surface area contributed by atoms with Gasteiger partial charge < -0.3 is 20.9 Å². The van der Waals surface area contributed by atoms with E-state index in [1.807, 2.05) is 0 Å². The summed E-state index contributed by atoms with van der Waals surface area (Å²) in [7, 11) is 0. The molecule has 0 bridgehead atoms. The number of rotatable bonds is 4. The lowest BCUT2D eigenvalue weighted by Gasteiger charge is -2.36. The minimum absolute atomic E-state index is 0.193. The van der Waals surface area contributed by atoms with Crippen LogP contribution in [0.5, 0.6) is 0 Å². The molecular formula is C8H18N2O2. The molecule has 0 radical (unpaired) electrons. The van der Waals surface area contributed by atoms with E-state index in [1.54, 1.807) is 0 Å². The molecule has 1 aliphatic heterocycles. The molecule has 1 aliphatic rings. The molecule has 0 aromatic rings. The highest BCUT2D eigenvalue weighted by atomic mass is 16.6. The van der Waals surface area contributed by atoms with E-state index in [2.05, 4.69) is 0 Å². The quantitative estimate of drug-likeness (QED) is 0.601. The molecule has 4 N–H and O–H groups in total. The van der Waals surface area contributed by atoms with Crippen molar-refractivity contribution in [1.82, 2.24) is 0 Å². The molecule has 0 unspecified atom stereocenters. The van der Waals surface area contributed by atoms with Crippen LogP contribution in [0.3, 0.4) is 0 Å². The molecule has 1 fully saturated rings. The van der Waals surface area contributed by atoms with Gasteiger partial charge in [0, 0.05) is 0 Å². The van der Waals surface area contributed by atoms with Gasteiger partial charge in [-0.1, -0.05) is 0 Å². The predicted octanol–water partition coefficient (Wildman–Crippen LogP) is -0.530. The predicted molar refractivity (Wildman–Crippen MR) is 46.8 cm³/mol. The van der Waals surface area contributed by atoms with Crippen molar-refractivity contribution in [2.45, 2.75) is 18.4 Å². The molecule has 72 valence electrons. The maximum atomic E-state index is 5.66. The van der Waals surface area contributed by atoms with Gasteiger partial charge in [0.05, 0.1) is 25.4 Å². The summed E-state index contributed by atoms with van der Waals surface area (Å²) in [6.07, 6.45) is 1.68. The van der Waals surface area contributed by atoms with E-state index in [4.69, 9.17) is 20.9 Å². The summed E-state index contributed by atoms with van der Waals surface area (Å²) in [6.45, 7) is 3.25. The molecule has 0 aliphatic carbocycles. The van der Waals surface area contributed by atoms with Crippen molar-refractivity contribution in [3.63, 3.8) is 0 Å². The molecule has 0 saturated carbocycles. The average Bonchev–Trinajstić information content (AvgIpc) is 2.07. The van der Waals surface area contributed by atoms with E-state index in [0.717, 1.165) is 12.8 Å². The summed E-state index contributed by atoms with van der Waals surface area (Å²) >= 11 is 0. The van der Waals surface area contributed by atoms with Gasteiger partial charge in [-0.15, -0.1) is 0 Å². The third-order valence-corrected chi connectivity index (χ3v) is 2.20. The minimum atomic E-state index is -0.193. The highest BCUT2D eigenvalue weighted by Crippen LogP contribution is 2.23. The maximum absolute atomic E-state index is 5.66. The smallest absolute Gasteiger partial charge is 0.0940 e. The second-order valence-electron chi connectivity index (χ2n) is 3.16. The molecule has 1 rings (SSSR count). The van der Waals surface area contributed by atoms with E-state index in [0.29, 0.717) is 32.9 Å². The molecule has 0 amide bonds. The maximum Gasteiger partial charge on any atom is 0.0940 e. The van der Waals surface area contributed by atoms with Crippen molar-refractivity contribution in [3.8, 4) is 0 Å². The lowest BCUT2D eigenvalue weighted by atomic mass is 9.95. The van der Waals surface area contributed by atoms with Crippen molar-refractivity contribution < 1.29 is 9.47 Å². The fraction of sp³-hybridized carbons (Fsp3) is 1.00. The van der Waals surface area contributed by atoms with Gasteiger partial charge in [0.25, 0.3) is 0 Å². The molecular weight excluding hydrogens is 156 g/mol. The summed E-state index contributed by atoms with van der Waals surface area (Å²) in [5, 5.41) is 0. The van der Waals surface area contributed by atoms with E-state index < -0.39 is 0 Å². The first-order valence-corrected chi connectivity index (χ1v) is 4.45. The lowest BCUT2D eigenvalue weighted by molar-refractivity contribution is -0.161. The highest BCUT2D eigenvalue weighted by molar-refractivity contribution is 4.83. The molecule has 4 nitrogen and oxygen atoms in total. The van der Waals surface area contributed by atoms with Crippen LogP contribution in [0.1, 0.15) is 12.8 Å². The minimum Gasteiger partial charge on any atom is -0.376 e. The van der Waals surface area contributed by atoms with Gasteiger partial charge >= 0.3 is 0 Å². The van der Waals surface area contributed by atoms with Crippen LogP contribution in [-0.4, -0.2) is 38.5 Å². The lowest BCUT2D eigenvalue weighted by Crippen LogP contribution is -2.46. The molecule has 0 atom stereocenters. The Morgan fingerprint density at radius 1 is 1.08 bits per heavy atom. The zero-order valence-corrected chi connectivity index (χ0v) is 7.42. The molecule has 0 aromatic heterocycles. The molecule has 0 aromatic carbocycles. The third-order valence-electron chi connectivity index (χ3n) is 2.20. The summed E-state index contributed by atoms with van der Waals surface area (Å²) < 4.78 is 11.0. The largest absolute Gasteiger partial charge is 0.376 e. The Labute approximate surface area is 73.2 Å². The van der Waals surface area contributed by atoms with Crippen LogP contribution in [0.25, 0.3) is 0 Å². The number of hydrogen-bond acceptors (Lipinski definition) is 4. The average molecular weight is 174 g/mol. The molecule has 4 heteroatoms. The van der Waals surface area contributed by atoms with E-state index in [-0.39, 0.29) is 5.60 Å². The van der Waals surface area contributed by atoms with Crippen LogP contribution in [0.4, 0.5) is 0 Å². The summed E-state index contributed by atoms with van der Waals surface area (Å²) in [5.74, 6) is 0. The van der Waals surface area contributed by atoms with Gasteiger partial charge in [0.15, 0.2) is 0 Å². The van der Waals surface area contributed by atoms with Gasteiger partial charge in [-0.2, -0.15) is 0 Å². The Bertz CT molecular complexity index is 109. The van der Waals surface area contributed by atoms with Crippen LogP contribution in [0.15, 0.2) is 0 Å². The summed E-state index contributed by atoms with van der Waals surface area (Å²) in [6, 6.07) is 0. The monoisotopic (exact) mass is 174 g/mol. The summed E-state index contributed by atoms with van der Waals surface area (Å²) in [5.41, 5.74) is 10.8. The topological polar surface area (TPSA) is 70.5 Å². The fourth-order valence-corrected chi connectivity index (χ4v) is 1.56. The Hall–Kier alpha value is -0.160. The second kappa shape index (κ2) is 4.77. The molecule has 0 spiro atoms. The van der Waals surface area contributed by atoms with Crippen molar-refractivity contribution in [1.29, 1.82) is 0 Å². The van der Waals surface area contributed by atoms with Gasteiger partial charge in [0.2, 0.25) is 0 Å². The first-order chi connectivity index (χ1) is 5.83. The molecule has 1 heterocycles. The van der Waals surface area contributed by atoms with Crippen molar-refractivity contribution >= 4 is 0 Å². The first-order valence-electron chi connectivity index (χ1n) is 4.45. The van der Waals surface area contributed by atoms with Gasteiger partial charge in [-0.25, -0.2) is 0 Å². The van der Waals surface area contributed by atoms with Crippen LogP contribution in [-0.2, 0) is 9.47 Å².